The summed E-state index contributed by atoms with van der Waals surface area (Å²) in [5.74, 6) is 0.389. The monoisotopic (exact) mass is 282 g/mol. The van der Waals surface area contributed by atoms with Crippen molar-refractivity contribution in [2.75, 3.05) is 13.1 Å². The quantitative estimate of drug-likeness (QED) is 0.940. The molecule has 1 amide bonds. The van der Waals surface area contributed by atoms with Gasteiger partial charge in [-0.3, -0.25) is 4.79 Å². The normalized spacial score (nSPS) is 20.8. The summed E-state index contributed by atoms with van der Waals surface area (Å²) in [6.45, 7) is 3.46. The first kappa shape index (κ1) is 14.1. The number of carbonyl (C=O) groups excluding carboxylic acids is 1. The van der Waals surface area contributed by atoms with Crippen molar-refractivity contribution in [3.05, 3.63) is 48.0 Å². The van der Waals surface area contributed by atoms with E-state index >= 15 is 0 Å². The van der Waals surface area contributed by atoms with E-state index in [0.717, 1.165) is 24.9 Å². The van der Waals surface area contributed by atoms with E-state index < -0.39 is 0 Å². The number of benzene rings is 2. The van der Waals surface area contributed by atoms with Crippen LogP contribution in [0.2, 0.25) is 0 Å². The van der Waals surface area contributed by atoms with Crippen molar-refractivity contribution in [2.24, 2.45) is 11.7 Å². The Bertz CT molecular complexity index is 652. The molecule has 2 unspecified atom stereocenters. The smallest absolute Gasteiger partial charge is 0.225 e. The maximum atomic E-state index is 12.2. The molecule has 0 spiro atoms. The lowest BCUT2D eigenvalue weighted by Gasteiger charge is -2.32. The van der Waals surface area contributed by atoms with Crippen LogP contribution in [-0.4, -0.2) is 23.9 Å². The van der Waals surface area contributed by atoms with Gasteiger partial charge in [0.1, 0.15) is 0 Å². The van der Waals surface area contributed by atoms with Crippen molar-refractivity contribution in [3.63, 3.8) is 0 Å². The second-order valence-electron chi connectivity index (χ2n) is 6.04. The second-order valence-corrected chi connectivity index (χ2v) is 6.04. The molecule has 2 N–H and O–H groups in total. The molecule has 1 heterocycles. The topological polar surface area (TPSA) is 46.3 Å². The third-order valence-corrected chi connectivity index (χ3v) is 4.42. The van der Waals surface area contributed by atoms with Gasteiger partial charge in [0.15, 0.2) is 0 Å². The fraction of sp³-hybridized carbons (Fsp3) is 0.389. The molecule has 2 aromatic carbocycles. The van der Waals surface area contributed by atoms with Crippen molar-refractivity contribution < 1.29 is 4.79 Å². The number of rotatable bonds is 3. The van der Waals surface area contributed by atoms with E-state index in [1.165, 1.54) is 10.8 Å². The number of fused-ring (bicyclic) bond motifs is 1. The Kier molecular flexibility index (Phi) is 3.93. The third-order valence-electron chi connectivity index (χ3n) is 4.42. The van der Waals surface area contributed by atoms with Crippen LogP contribution in [0.15, 0.2) is 42.5 Å². The molecule has 0 radical (unpaired) electrons. The molecular weight excluding hydrogens is 260 g/mol. The maximum Gasteiger partial charge on any atom is 0.225 e. The van der Waals surface area contributed by atoms with Crippen molar-refractivity contribution in [2.45, 2.75) is 25.8 Å². The number of hydrogen-bond acceptors (Lipinski definition) is 2. The summed E-state index contributed by atoms with van der Waals surface area (Å²) in [4.78, 5) is 14.1. The van der Waals surface area contributed by atoms with Gasteiger partial charge in [-0.1, -0.05) is 43.3 Å². The zero-order valence-electron chi connectivity index (χ0n) is 12.5. The standard InChI is InChI=1S/C18H22N2O/c1-13-5-4-10-20(18(13)21)12-17(19)16-9-8-14-6-2-3-7-15(14)11-16/h2-3,6-9,11,13,17H,4-5,10,12,19H2,1H3. The number of carbonyl (C=O) groups is 1. The number of hydrogen-bond donors (Lipinski definition) is 1. The highest BCUT2D eigenvalue weighted by molar-refractivity contribution is 5.83. The molecule has 0 aliphatic carbocycles. The maximum absolute atomic E-state index is 12.2. The van der Waals surface area contributed by atoms with Gasteiger partial charge in [0.25, 0.3) is 0 Å². The molecule has 2 aromatic rings. The zero-order valence-corrected chi connectivity index (χ0v) is 12.5. The van der Waals surface area contributed by atoms with Gasteiger partial charge < -0.3 is 10.6 Å². The SMILES string of the molecule is CC1CCCN(CC(N)c2ccc3ccccc3c2)C1=O. The first-order valence-corrected chi connectivity index (χ1v) is 7.68. The van der Waals surface area contributed by atoms with E-state index in [2.05, 4.69) is 30.3 Å². The molecule has 1 fully saturated rings. The first-order chi connectivity index (χ1) is 10.1. The van der Waals surface area contributed by atoms with Gasteiger partial charge in [-0.15, -0.1) is 0 Å². The third kappa shape index (κ3) is 2.93. The Labute approximate surface area is 125 Å². The number of amides is 1. The van der Waals surface area contributed by atoms with Crippen molar-refractivity contribution in [1.29, 1.82) is 0 Å². The number of likely N-dealkylation sites (tertiary alicyclic amines) is 1. The Balaban J connectivity index is 1.77. The highest BCUT2D eigenvalue weighted by atomic mass is 16.2. The molecule has 21 heavy (non-hydrogen) atoms. The largest absolute Gasteiger partial charge is 0.341 e. The van der Waals surface area contributed by atoms with Gasteiger partial charge in [0.2, 0.25) is 5.91 Å². The Morgan fingerprint density at radius 2 is 2.00 bits per heavy atom. The molecule has 1 aliphatic rings. The minimum absolute atomic E-state index is 0.121. The first-order valence-electron chi connectivity index (χ1n) is 7.68. The van der Waals surface area contributed by atoms with E-state index in [1.54, 1.807) is 0 Å². The van der Waals surface area contributed by atoms with Crippen LogP contribution in [0.25, 0.3) is 10.8 Å². The van der Waals surface area contributed by atoms with E-state index in [1.807, 2.05) is 24.0 Å². The molecule has 3 nitrogen and oxygen atoms in total. The van der Waals surface area contributed by atoms with Crippen LogP contribution in [0.5, 0.6) is 0 Å². The minimum atomic E-state index is -0.121. The van der Waals surface area contributed by atoms with Gasteiger partial charge in [-0.25, -0.2) is 0 Å². The van der Waals surface area contributed by atoms with E-state index in [-0.39, 0.29) is 17.9 Å². The molecule has 1 saturated heterocycles. The molecule has 3 heteroatoms. The number of nitrogens with two attached hydrogens (primary N) is 1. The van der Waals surface area contributed by atoms with Crippen LogP contribution in [-0.2, 0) is 4.79 Å². The van der Waals surface area contributed by atoms with Crippen LogP contribution >= 0.6 is 0 Å². The minimum Gasteiger partial charge on any atom is -0.341 e. The summed E-state index contributed by atoms with van der Waals surface area (Å²) in [6, 6.07) is 14.5. The fourth-order valence-corrected chi connectivity index (χ4v) is 3.10. The molecule has 1 aliphatic heterocycles. The highest BCUT2D eigenvalue weighted by Crippen LogP contribution is 2.23. The molecule has 0 aromatic heterocycles. The Morgan fingerprint density at radius 1 is 1.24 bits per heavy atom. The molecule has 0 saturated carbocycles. The summed E-state index contributed by atoms with van der Waals surface area (Å²) in [6.07, 6.45) is 2.08. The zero-order chi connectivity index (χ0) is 14.8. The van der Waals surface area contributed by atoms with Gasteiger partial charge in [-0.05, 0) is 35.2 Å². The molecule has 0 bridgehead atoms. The second kappa shape index (κ2) is 5.86. The van der Waals surface area contributed by atoms with Crippen LogP contribution in [0, 0.1) is 5.92 Å². The lowest BCUT2D eigenvalue weighted by atomic mass is 9.97. The predicted molar refractivity (Wildman–Crippen MR) is 85.9 cm³/mol. The lowest BCUT2D eigenvalue weighted by Crippen LogP contribution is -2.43. The van der Waals surface area contributed by atoms with Crippen LogP contribution < -0.4 is 5.73 Å². The van der Waals surface area contributed by atoms with Gasteiger partial charge in [0, 0.05) is 25.0 Å². The fourth-order valence-electron chi connectivity index (χ4n) is 3.10. The molecule has 110 valence electrons. The van der Waals surface area contributed by atoms with Gasteiger partial charge >= 0.3 is 0 Å². The Morgan fingerprint density at radius 3 is 2.81 bits per heavy atom. The average molecular weight is 282 g/mol. The summed E-state index contributed by atoms with van der Waals surface area (Å²) < 4.78 is 0. The van der Waals surface area contributed by atoms with Crippen molar-refractivity contribution >= 4 is 16.7 Å². The lowest BCUT2D eigenvalue weighted by molar-refractivity contribution is -0.138. The van der Waals surface area contributed by atoms with Gasteiger partial charge in [-0.2, -0.15) is 0 Å². The average Bonchev–Trinajstić information content (AvgIpc) is 2.51. The van der Waals surface area contributed by atoms with Gasteiger partial charge in [0.05, 0.1) is 0 Å². The van der Waals surface area contributed by atoms with Crippen molar-refractivity contribution in [1.82, 2.24) is 4.90 Å². The van der Waals surface area contributed by atoms with Crippen molar-refractivity contribution in [3.8, 4) is 0 Å². The summed E-state index contributed by atoms with van der Waals surface area (Å²) in [7, 11) is 0. The van der Waals surface area contributed by atoms with E-state index in [4.69, 9.17) is 5.73 Å². The summed E-state index contributed by atoms with van der Waals surface area (Å²) in [5.41, 5.74) is 7.43. The highest BCUT2D eigenvalue weighted by Gasteiger charge is 2.26. The summed E-state index contributed by atoms with van der Waals surface area (Å²) in [5, 5.41) is 2.42. The Hall–Kier alpha value is -1.87. The number of piperidine rings is 1. The molecular formula is C18H22N2O. The molecule has 3 rings (SSSR count). The molecule has 2 atom stereocenters. The van der Waals surface area contributed by atoms with Crippen LogP contribution in [0.1, 0.15) is 31.4 Å². The van der Waals surface area contributed by atoms with E-state index in [9.17, 15) is 4.79 Å². The summed E-state index contributed by atoms with van der Waals surface area (Å²) >= 11 is 0. The predicted octanol–water partition coefficient (Wildman–Crippen LogP) is 3.10. The van der Waals surface area contributed by atoms with Crippen LogP contribution in [0.4, 0.5) is 0 Å². The van der Waals surface area contributed by atoms with E-state index in [0.29, 0.717) is 6.54 Å². The van der Waals surface area contributed by atoms with Crippen LogP contribution in [0.3, 0.4) is 0 Å². The number of nitrogens with zero attached hydrogens (tertiary/aromatic N) is 1.